The molecule has 2 aromatic carbocycles. The zero-order chi connectivity index (χ0) is 19.9. The fraction of sp³-hybridized carbons (Fsp3) is 0.227. The summed E-state index contributed by atoms with van der Waals surface area (Å²) in [6, 6.07) is 21.1. The van der Waals surface area contributed by atoms with Gasteiger partial charge in [-0.1, -0.05) is 30.3 Å². The molecule has 4 rings (SSSR count). The summed E-state index contributed by atoms with van der Waals surface area (Å²) >= 11 is 0. The Hall–Kier alpha value is -3.45. The maximum Gasteiger partial charge on any atom is 0.274 e. The van der Waals surface area contributed by atoms with Crippen LogP contribution < -0.4 is 10.1 Å². The van der Waals surface area contributed by atoms with Crippen LogP contribution in [0.4, 0.5) is 11.5 Å². The molecule has 1 fully saturated rings. The van der Waals surface area contributed by atoms with Gasteiger partial charge in [0.25, 0.3) is 5.91 Å². The number of hydrogen-bond acceptors (Lipinski definition) is 6. The van der Waals surface area contributed by atoms with Gasteiger partial charge in [-0.05, 0) is 42.0 Å². The second-order valence-corrected chi connectivity index (χ2v) is 6.63. The van der Waals surface area contributed by atoms with E-state index in [0.717, 1.165) is 17.0 Å². The molecule has 1 aliphatic rings. The van der Waals surface area contributed by atoms with E-state index in [1.807, 2.05) is 54.6 Å². The van der Waals surface area contributed by atoms with Crippen molar-refractivity contribution in [3.05, 3.63) is 78.0 Å². The monoisotopic (exact) mass is 390 g/mol. The second-order valence-electron chi connectivity index (χ2n) is 6.63. The minimum atomic E-state index is -0.118. The number of benzene rings is 2. The lowest BCUT2D eigenvalue weighted by Gasteiger charge is -2.26. The first-order valence-corrected chi connectivity index (χ1v) is 9.52. The van der Waals surface area contributed by atoms with Gasteiger partial charge in [0.1, 0.15) is 12.4 Å². The molecule has 1 aromatic heterocycles. The van der Waals surface area contributed by atoms with Crippen molar-refractivity contribution in [3.63, 3.8) is 0 Å². The lowest BCUT2D eigenvalue weighted by atomic mass is 10.2. The van der Waals surface area contributed by atoms with Gasteiger partial charge in [-0.3, -0.25) is 4.79 Å². The summed E-state index contributed by atoms with van der Waals surface area (Å²) in [6.45, 7) is 2.81. The van der Waals surface area contributed by atoms with Gasteiger partial charge in [-0.25, -0.2) is 0 Å². The molecule has 1 amide bonds. The van der Waals surface area contributed by atoms with Crippen molar-refractivity contribution in [2.75, 3.05) is 31.6 Å². The van der Waals surface area contributed by atoms with E-state index >= 15 is 0 Å². The lowest BCUT2D eigenvalue weighted by Crippen LogP contribution is -2.41. The number of amides is 1. The summed E-state index contributed by atoms with van der Waals surface area (Å²) < 4.78 is 11.1. The molecule has 0 atom stereocenters. The maximum atomic E-state index is 12.4. The SMILES string of the molecule is O=C(c1ccc(Nc2ccc(OCc3ccccc3)cc2)nn1)N1CCOCC1. The number of carbonyl (C=O) groups is 1. The first-order valence-electron chi connectivity index (χ1n) is 9.52. The molecule has 1 saturated heterocycles. The highest BCUT2D eigenvalue weighted by atomic mass is 16.5. The molecule has 0 bridgehead atoms. The van der Waals surface area contributed by atoms with Gasteiger partial charge in [0.05, 0.1) is 13.2 Å². The summed E-state index contributed by atoms with van der Waals surface area (Å²) in [5.41, 5.74) is 2.32. The van der Waals surface area contributed by atoms with E-state index in [9.17, 15) is 4.79 Å². The van der Waals surface area contributed by atoms with Crippen LogP contribution >= 0.6 is 0 Å². The summed E-state index contributed by atoms with van der Waals surface area (Å²) in [5, 5.41) is 11.4. The van der Waals surface area contributed by atoms with Gasteiger partial charge in [0.2, 0.25) is 0 Å². The van der Waals surface area contributed by atoms with Crippen LogP contribution in [-0.4, -0.2) is 47.3 Å². The highest BCUT2D eigenvalue weighted by molar-refractivity contribution is 5.92. The van der Waals surface area contributed by atoms with E-state index in [2.05, 4.69) is 15.5 Å². The van der Waals surface area contributed by atoms with Crippen molar-refractivity contribution in [2.24, 2.45) is 0 Å². The van der Waals surface area contributed by atoms with Crippen LogP contribution in [0.5, 0.6) is 5.75 Å². The predicted molar refractivity (Wildman–Crippen MR) is 109 cm³/mol. The number of nitrogens with one attached hydrogen (secondary N) is 1. The van der Waals surface area contributed by atoms with Crippen LogP contribution in [0.25, 0.3) is 0 Å². The van der Waals surface area contributed by atoms with E-state index in [0.29, 0.717) is 44.4 Å². The Bertz CT molecular complexity index is 925. The third-order valence-corrected chi connectivity index (χ3v) is 4.56. The lowest BCUT2D eigenvalue weighted by molar-refractivity contribution is 0.0298. The number of aromatic nitrogens is 2. The number of carbonyl (C=O) groups excluding carboxylic acids is 1. The van der Waals surface area contributed by atoms with Crippen molar-refractivity contribution < 1.29 is 14.3 Å². The fourth-order valence-electron chi connectivity index (χ4n) is 2.96. The van der Waals surface area contributed by atoms with Gasteiger partial charge in [-0.2, -0.15) is 0 Å². The summed E-state index contributed by atoms with van der Waals surface area (Å²) in [4.78, 5) is 14.1. The summed E-state index contributed by atoms with van der Waals surface area (Å²) in [7, 11) is 0. The predicted octanol–water partition coefficient (Wildman–Crippen LogP) is 3.27. The normalized spacial score (nSPS) is 13.7. The van der Waals surface area contributed by atoms with E-state index in [1.54, 1.807) is 17.0 Å². The first kappa shape index (κ1) is 18.9. The first-order chi connectivity index (χ1) is 14.3. The molecule has 0 saturated carbocycles. The van der Waals surface area contributed by atoms with Crippen molar-refractivity contribution >= 4 is 17.4 Å². The fourth-order valence-corrected chi connectivity index (χ4v) is 2.96. The largest absolute Gasteiger partial charge is 0.489 e. The number of anilines is 2. The van der Waals surface area contributed by atoms with E-state index in [1.165, 1.54) is 0 Å². The Morgan fingerprint density at radius 3 is 2.41 bits per heavy atom. The Balaban J connectivity index is 1.32. The zero-order valence-corrected chi connectivity index (χ0v) is 16.0. The Kier molecular flexibility index (Phi) is 5.97. The average molecular weight is 390 g/mol. The van der Waals surface area contributed by atoms with Gasteiger partial charge in [0, 0.05) is 18.8 Å². The van der Waals surface area contributed by atoms with Crippen LogP contribution in [0.15, 0.2) is 66.7 Å². The molecule has 148 valence electrons. The quantitative estimate of drug-likeness (QED) is 0.696. The molecule has 0 aliphatic carbocycles. The average Bonchev–Trinajstić information content (AvgIpc) is 2.80. The molecule has 2 heterocycles. The number of ether oxygens (including phenoxy) is 2. The molecule has 7 nitrogen and oxygen atoms in total. The van der Waals surface area contributed by atoms with Crippen LogP contribution in [0, 0.1) is 0 Å². The van der Waals surface area contributed by atoms with E-state index < -0.39 is 0 Å². The highest BCUT2D eigenvalue weighted by Crippen LogP contribution is 2.20. The Morgan fingerprint density at radius 1 is 0.966 bits per heavy atom. The minimum Gasteiger partial charge on any atom is -0.489 e. The smallest absolute Gasteiger partial charge is 0.274 e. The molecule has 29 heavy (non-hydrogen) atoms. The molecule has 7 heteroatoms. The van der Waals surface area contributed by atoms with Crippen LogP contribution in [-0.2, 0) is 11.3 Å². The number of morpholine rings is 1. The molecule has 3 aromatic rings. The van der Waals surface area contributed by atoms with Crippen molar-refractivity contribution in [1.29, 1.82) is 0 Å². The highest BCUT2D eigenvalue weighted by Gasteiger charge is 2.19. The van der Waals surface area contributed by atoms with Crippen molar-refractivity contribution in [1.82, 2.24) is 15.1 Å². The molecule has 1 N–H and O–H groups in total. The third kappa shape index (κ3) is 5.08. The number of rotatable bonds is 6. The number of hydrogen-bond donors (Lipinski definition) is 1. The van der Waals surface area contributed by atoms with E-state index in [4.69, 9.17) is 9.47 Å². The summed E-state index contributed by atoms with van der Waals surface area (Å²) in [5.74, 6) is 1.24. The van der Waals surface area contributed by atoms with Crippen molar-refractivity contribution in [2.45, 2.75) is 6.61 Å². The Morgan fingerprint density at radius 2 is 1.72 bits per heavy atom. The standard InChI is InChI=1S/C22H22N4O3/c27-22(26-12-14-28-15-13-26)20-10-11-21(25-24-20)23-18-6-8-19(9-7-18)29-16-17-4-2-1-3-5-17/h1-11H,12-16H2,(H,23,25). The maximum absolute atomic E-state index is 12.4. The van der Waals surface area contributed by atoms with Crippen LogP contribution in [0.3, 0.4) is 0 Å². The molecular weight excluding hydrogens is 368 g/mol. The molecule has 1 aliphatic heterocycles. The van der Waals surface area contributed by atoms with Gasteiger partial charge >= 0.3 is 0 Å². The van der Waals surface area contributed by atoms with Gasteiger partial charge in [0.15, 0.2) is 11.5 Å². The summed E-state index contributed by atoms with van der Waals surface area (Å²) in [6.07, 6.45) is 0. The third-order valence-electron chi connectivity index (χ3n) is 4.56. The molecule has 0 unspecified atom stereocenters. The van der Waals surface area contributed by atoms with Crippen molar-refractivity contribution in [3.8, 4) is 5.75 Å². The van der Waals surface area contributed by atoms with Gasteiger partial charge < -0.3 is 19.7 Å². The minimum absolute atomic E-state index is 0.118. The molecular formula is C22H22N4O3. The topological polar surface area (TPSA) is 76.6 Å². The number of nitrogens with zero attached hydrogens (tertiary/aromatic N) is 3. The van der Waals surface area contributed by atoms with Crippen LogP contribution in [0.2, 0.25) is 0 Å². The van der Waals surface area contributed by atoms with E-state index in [-0.39, 0.29) is 5.91 Å². The van der Waals surface area contributed by atoms with Crippen LogP contribution in [0.1, 0.15) is 16.1 Å². The van der Waals surface area contributed by atoms with Gasteiger partial charge in [-0.15, -0.1) is 10.2 Å². The second kappa shape index (κ2) is 9.16. The molecule has 0 radical (unpaired) electrons. The molecule has 0 spiro atoms. The zero-order valence-electron chi connectivity index (χ0n) is 16.0. The Labute approximate surface area is 169 Å².